The first kappa shape index (κ1) is 22.1. The van der Waals surface area contributed by atoms with Crippen LogP contribution in [0.1, 0.15) is 63.3 Å². The lowest BCUT2D eigenvalue weighted by atomic mass is 9.80. The second-order valence-electron chi connectivity index (χ2n) is 10.8. The number of halogens is 2. The van der Waals surface area contributed by atoms with E-state index in [1.54, 1.807) is 0 Å². The van der Waals surface area contributed by atoms with E-state index in [9.17, 15) is 4.79 Å². The first-order valence-electron chi connectivity index (χ1n) is 11.6. The van der Waals surface area contributed by atoms with Gasteiger partial charge in [0.05, 0.1) is 15.7 Å². The van der Waals surface area contributed by atoms with Crippen LogP contribution in [0.2, 0.25) is 10.0 Å². The van der Waals surface area contributed by atoms with Crippen LogP contribution >= 0.6 is 23.2 Å². The predicted octanol–water partition coefficient (Wildman–Crippen LogP) is 6.04. The first-order chi connectivity index (χ1) is 15.1. The molecule has 2 heterocycles. The van der Waals surface area contributed by atoms with E-state index in [1.807, 2.05) is 37.8 Å². The third kappa shape index (κ3) is 3.81. The van der Waals surface area contributed by atoms with Crippen molar-refractivity contribution in [1.82, 2.24) is 14.7 Å². The fraction of sp³-hybridized carbons (Fsp3) is 0.600. The smallest absolute Gasteiger partial charge is 0.410 e. The van der Waals surface area contributed by atoms with E-state index in [4.69, 9.17) is 33.0 Å². The van der Waals surface area contributed by atoms with E-state index in [1.165, 1.54) is 29.7 Å². The Balaban J connectivity index is 1.46. The molecule has 7 heteroatoms. The minimum absolute atomic E-state index is 0.0216. The van der Waals surface area contributed by atoms with E-state index in [2.05, 4.69) is 16.9 Å². The second kappa shape index (κ2) is 7.66. The SMILES string of the molecule is CC(C)(C)OC(=O)N1CCC2(c3ccc(Cl)c(Cl)c3)CC2(Cn2cc3c(n2)CCCC3)C1. The Morgan fingerprint density at radius 2 is 1.97 bits per heavy atom. The van der Waals surface area contributed by atoms with Gasteiger partial charge in [0, 0.05) is 36.7 Å². The van der Waals surface area contributed by atoms with Crippen molar-refractivity contribution in [2.24, 2.45) is 5.41 Å². The molecule has 1 aromatic heterocycles. The van der Waals surface area contributed by atoms with Gasteiger partial charge in [-0.3, -0.25) is 4.68 Å². The average molecular weight is 476 g/mol. The van der Waals surface area contributed by atoms with Crippen LogP contribution < -0.4 is 0 Å². The third-order valence-corrected chi connectivity index (χ3v) is 8.19. The van der Waals surface area contributed by atoms with Crippen LogP contribution in [0.4, 0.5) is 4.79 Å². The van der Waals surface area contributed by atoms with Crippen LogP contribution in [0.5, 0.6) is 0 Å². The van der Waals surface area contributed by atoms with Gasteiger partial charge in [0.15, 0.2) is 0 Å². The number of aryl methyl sites for hydroxylation is 2. The van der Waals surface area contributed by atoms with Crippen LogP contribution in [0, 0.1) is 5.41 Å². The number of hydrogen-bond donors (Lipinski definition) is 0. The number of carbonyl (C=O) groups is 1. The number of amides is 1. The van der Waals surface area contributed by atoms with Gasteiger partial charge in [-0.15, -0.1) is 0 Å². The molecular formula is C25H31Cl2N3O2. The molecule has 0 spiro atoms. The molecule has 2 fully saturated rings. The number of ether oxygens (including phenoxy) is 1. The Morgan fingerprint density at radius 1 is 1.19 bits per heavy atom. The zero-order valence-electron chi connectivity index (χ0n) is 19.1. The number of hydrogen-bond acceptors (Lipinski definition) is 3. The van der Waals surface area contributed by atoms with Crippen LogP contribution in [-0.2, 0) is 29.5 Å². The Morgan fingerprint density at radius 3 is 2.69 bits per heavy atom. The van der Waals surface area contributed by atoms with Crippen molar-refractivity contribution in [2.45, 2.75) is 76.9 Å². The number of likely N-dealkylation sites (tertiary alicyclic amines) is 1. The maximum Gasteiger partial charge on any atom is 0.410 e. The van der Waals surface area contributed by atoms with Gasteiger partial charge in [-0.2, -0.15) is 5.10 Å². The summed E-state index contributed by atoms with van der Waals surface area (Å²) in [6.45, 7) is 7.86. The molecular weight excluding hydrogens is 445 g/mol. The van der Waals surface area contributed by atoms with Crippen molar-refractivity contribution < 1.29 is 9.53 Å². The number of piperidine rings is 1. The van der Waals surface area contributed by atoms with E-state index >= 15 is 0 Å². The van der Waals surface area contributed by atoms with Crippen molar-refractivity contribution in [3.05, 3.63) is 51.3 Å². The van der Waals surface area contributed by atoms with Gasteiger partial charge in [-0.05, 0) is 82.6 Å². The first-order valence-corrected chi connectivity index (χ1v) is 12.4. The summed E-state index contributed by atoms with van der Waals surface area (Å²) in [5, 5.41) is 6.10. The largest absolute Gasteiger partial charge is 0.444 e. The molecule has 2 unspecified atom stereocenters. The molecule has 2 aromatic rings. The molecule has 1 saturated heterocycles. The number of aromatic nitrogens is 2. The fourth-order valence-electron chi connectivity index (χ4n) is 5.87. The molecule has 0 radical (unpaired) electrons. The van der Waals surface area contributed by atoms with Gasteiger partial charge in [0.1, 0.15) is 5.60 Å². The fourth-order valence-corrected chi connectivity index (χ4v) is 6.17. The molecule has 5 rings (SSSR count). The molecule has 2 aliphatic carbocycles. The molecule has 32 heavy (non-hydrogen) atoms. The van der Waals surface area contributed by atoms with Crippen molar-refractivity contribution in [3.63, 3.8) is 0 Å². The minimum atomic E-state index is -0.507. The number of nitrogens with zero attached hydrogens (tertiary/aromatic N) is 3. The maximum atomic E-state index is 12.9. The highest BCUT2D eigenvalue weighted by atomic mass is 35.5. The van der Waals surface area contributed by atoms with Gasteiger partial charge in [-0.25, -0.2) is 4.79 Å². The lowest BCUT2D eigenvalue weighted by Gasteiger charge is -2.39. The summed E-state index contributed by atoms with van der Waals surface area (Å²) >= 11 is 12.6. The topological polar surface area (TPSA) is 47.4 Å². The predicted molar refractivity (Wildman–Crippen MR) is 126 cm³/mol. The number of fused-ring (bicyclic) bond motifs is 2. The highest BCUT2D eigenvalue weighted by Gasteiger charge is 2.70. The summed E-state index contributed by atoms with van der Waals surface area (Å²) in [4.78, 5) is 14.8. The van der Waals surface area contributed by atoms with Crippen molar-refractivity contribution in [3.8, 4) is 0 Å². The number of carbonyl (C=O) groups excluding carboxylic acids is 1. The molecule has 1 amide bonds. The highest BCUT2D eigenvalue weighted by Crippen LogP contribution is 2.69. The molecule has 172 valence electrons. The van der Waals surface area contributed by atoms with E-state index in [-0.39, 0.29) is 16.9 Å². The molecule has 2 atom stereocenters. The summed E-state index contributed by atoms with van der Waals surface area (Å²) in [6.07, 6.45) is 8.52. The van der Waals surface area contributed by atoms with Crippen LogP contribution in [0.25, 0.3) is 0 Å². The second-order valence-corrected chi connectivity index (χ2v) is 11.6. The lowest BCUT2D eigenvalue weighted by Crippen LogP contribution is -2.48. The highest BCUT2D eigenvalue weighted by molar-refractivity contribution is 6.42. The normalized spacial score (nSPS) is 27.0. The molecule has 5 nitrogen and oxygen atoms in total. The summed E-state index contributed by atoms with van der Waals surface area (Å²) in [5.41, 5.74) is 3.22. The molecule has 1 saturated carbocycles. The monoisotopic (exact) mass is 475 g/mol. The molecule has 3 aliphatic rings. The number of benzene rings is 1. The minimum Gasteiger partial charge on any atom is -0.444 e. The third-order valence-electron chi connectivity index (χ3n) is 7.46. The molecule has 0 bridgehead atoms. The quantitative estimate of drug-likeness (QED) is 0.543. The average Bonchev–Trinajstić information content (AvgIpc) is 3.21. The van der Waals surface area contributed by atoms with E-state index in [0.717, 1.165) is 32.2 Å². The standard InChI is InChI=1S/C25H31Cl2N3O2/c1-23(2,3)32-22(31)29-11-10-25(18-8-9-19(26)20(27)12-18)14-24(25,15-29)16-30-13-17-6-4-5-7-21(17)28-30/h8-9,12-13H,4-7,10-11,14-16H2,1-3H3. The lowest BCUT2D eigenvalue weighted by molar-refractivity contribution is 0.0123. The van der Waals surface area contributed by atoms with Crippen LogP contribution in [-0.4, -0.2) is 39.5 Å². The van der Waals surface area contributed by atoms with Crippen molar-refractivity contribution in [1.29, 1.82) is 0 Å². The molecule has 1 aromatic carbocycles. The summed E-state index contributed by atoms with van der Waals surface area (Å²) in [5.74, 6) is 0. The zero-order valence-corrected chi connectivity index (χ0v) is 20.6. The van der Waals surface area contributed by atoms with Crippen LogP contribution in [0.15, 0.2) is 24.4 Å². The van der Waals surface area contributed by atoms with Gasteiger partial charge in [0.2, 0.25) is 0 Å². The zero-order chi connectivity index (χ0) is 22.7. The Bertz CT molecular complexity index is 1040. The Hall–Kier alpha value is -1.72. The summed E-state index contributed by atoms with van der Waals surface area (Å²) in [7, 11) is 0. The van der Waals surface area contributed by atoms with Crippen molar-refractivity contribution in [2.75, 3.05) is 13.1 Å². The van der Waals surface area contributed by atoms with Crippen LogP contribution in [0.3, 0.4) is 0 Å². The molecule has 0 N–H and O–H groups in total. The Labute approximate surface area is 200 Å². The van der Waals surface area contributed by atoms with E-state index in [0.29, 0.717) is 23.1 Å². The van der Waals surface area contributed by atoms with E-state index < -0.39 is 5.60 Å². The summed E-state index contributed by atoms with van der Waals surface area (Å²) < 4.78 is 7.84. The van der Waals surface area contributed by atoms with Gasteiger partial charge >= 0.3 is 6.09 Å². The van der Waals surface area contributed by atoms with Crippen molar-refractivity contribution >= 4 is 29.3 Å². The van der Waals surface area contributed by atoms with Gasteiger partial charge in [0.25, 0.3) is 0 Å². The molecule has 1 aliphatic heterocycles. The van der Waals surface area contributed by atoms with Gasteiger partial charge in [-0.1, -0.05) is 29.3 Å². The summed E-state index contributed by atoms with van der Waals surface area (Å²) in [6, 6.07) is 6.01. The maximum absolute atomic E-state index is 12.9. The number of rotatable bonds is 3. The van der Waals surface area contributed by atoms with Gasteiger partial charge < -0.3 is 9.64 Å². The Kier molecular flexibility index (Phi) is 5.29.